The Balaban J connectivity index is 1.34. The largest absolute Gasteiger partial charge is 0.462 e. The van der Waals surface area contributed by atoms with Gasteiger partial charge in [-0.1, -0.05) is 30.8 Å². The topological polar surface area (TPSA) is 89.6 Å². The molecule has 0 bridgehead atoms. The molecule has 43 heavy (non-hydrogen) atoms. The second kappa shape index (κ2) is 12.6. The average Bonchev–Trinajstić information content (AvgIpc) is 3.35. The molecule has 0 spiro atoms. The molecule has 0 radical (unpaired) electrons. The van der Waals surface area contributed by atoms with Crippen molar-refractivity contribution in [2.75, 3.05) is 62.7 Å². The fourth-order valence-corrected chi connectivity index (χ4v) is 7.39. The Kier molecular flexibility index (Phi) is 8.70. The van der Waals surface area contributed by atoms with Gasteiger partial charge in [0, 0.05) is 59.0 Å². The van der Waals surface area contributed by atoms with Crippen LogP contribution in [0.1, 0.15) is 17.7 Å². The van der Waals surface area contributed by atoms with Gasteiger partial charge in [0.1, 0.15) is 18.5 Å². The molecule has 3 aliphatic rings. The number of likely N-dealkylation sites (N-methyl/N-ethyl adjacent to an activating group) is 1. The Morgan fingerprint density at radius 1 is 1.16 bits per heavy atom. The number of likely N-dealkylation sites (tertiary alicyclic amines) is 1. The second-order valence-corrected chi connectivity index (χ2v) is 12.7. The molecule has 0 aliphatic carbocycles. The van der Waals surface area contributed by atoms with Crippen LogP contribution in [0, 0.1) is 10.1 Å². The van der Waals surface area contributed by atoms with E-state index in [9.17, 15) is 9.90 Å². The zero-order valence-electron chi connectivity index (χ0n) is 24.3. The van der Waals surface area contributed by atoms with Gasteiger partial charge in [-0.3, -0.25) is 9.69 Å². The summed E-state index contributed by atoms with van der Waals surface area (Å²) in [5.41, 5.74) is 3.21. The van der Waals surface area contributed by atoms with E-state index in [4.69, 9.17) is 21.3 Å². The standard InChI is InChI=1S/C32H36IN7O3/c1-4-29(42)40-14-13-39(17-23(40)16-34-2)31-25-11-12-38(28-10-6-8-21-7-5-9-26(33)30(21)28)19-27(25)35-32(36-31)43-20-22-15-24(41)18-37(22)3/h4-10,22-24,41H,1,11-20H2,3H3/t22-,23-,24?/m0/s1/i33+4. The zero-order chi connectivity index (χ0) is 30.1. The van der Waals surface area contributed by atoms with E-state index in [-0.39, 0.29) is 30.6 Å². The lowest BCUT2D eigenvalue weighted by Gasteiger charge is -2.41. The number of β-amino-alcohol motifs (C(OH)–C–C–N with tert-alkyl or cyclic N) is 1. The van der Waals surface area contributed by atoms with Crippen molar-refractivity contribution in [3.8, 4) is 6.01 Å². The third kappa shape index (κ3) is 6.01. The average molecular weight is 698 g/mol. The minimum Gasteiger partial charge on any atom is -0.462 e. The SMILES string of the molecule is [C-]#[N+]C[C@H]1CN(c2nc(OC[C@@H]3CC(O)CN3C)nc3c2CCN(c2cccc4cccc([131I])c24)C3)CCN1C(=O)C=C. The van der Waals surface area contributed by atoms with Crippen molar-refractivity contribution >= 4 is 50.8 Å². The molecule has 2 fully saturated rings. The highest BCUT2D eigenvalue weighted by Crippen LogP contribution is 2.36. The number of anilines is 2. The minimum atomic E-state index is -0.357. The van der Waals surface area contributed by atoms with E-state index in [2.05, 4.69) is 85.1 Å². The molecule has 2 saturated heterocycles. The van der Waals surface area contributed by atoms with Crippen molar-refractivity contribution in [3.05, 3.63) is 75.3 Å². The normalized spacial score (nSPS) is 22.4. The number of fused-ring (bicyclic) bond motifs is 2. The van der Waals surface area contributed by atoms with E-state index in [1.165, 1.54) is 26.1 Å². The summed E-state index contributed by atoms with van der Waals surface area (Å²) >= 11 is 2.41. The Hall–Kier alpha value is -3.47. The summed E-state index contributed by atoms with van der Waals surface area (Å²) in [4.78, 5) is 34.5. The number of hydrogen-bond donors (Lipinski definition) is 1. The lowest BCUT2D eigenvalue weighted by Crippen LogP contribution is -2.56. The number of halogens is 1. The van der Waals surface area contributed by atoms with Gasteiger partial charge in [-0.25, -0.2) is 6.57 Å². The molecule has 3 atom stereocenters. The van der Waals surface area contributed by atoms with E-state index < -0.39 is 0 Å². The Morgan fingerprint density at radius 3 is 2.72 bits per heavy atom. The van der Waals surface area contributed by atoms with Crippen LogP contribution in [0.4, 0.5) is 11.5 Å². The first kappa shape index (κ1) is 29.6. The second-order valence-electron chi connectivity index (χ2n) is 11.5. The maximum Gasteiger partial charge on any atom is 0.318 e. The van der Waals surface area contributed by atoms with Crippen molar-refractivity contribution in [1.29, 1.82) is 0 Å². The number of carbonyl (C=O) groups excluding carboxylic acids is 1. The number of rotatable bonds is 7. The predicted octanol–water partition coefficient (Wildman–Crippen LogP) is 3.36. The van der Waals surface area contributed by atoms with Gasteiger partial charge >= 0.3 is 6.01 Å². The Morgan fingerprint density at radius 2 is 1.98 bits per heavy atom. The van der Waals surface area contributed by atoms with Crippen LogP contribution in [0.3, 0.4) is 0 Å². The Labute approximate surface area is 265 Å². The number of carbonyl (C=O) groups is 1. The molecule has 4 heterocycles. The monoisotopic (exact) mass is 697 g/mol. The molecule has 3 aliphatic heterocycles. The lowest BCUT2D eigenvalue weighted by molar-refractivity contribution is -0.128. The van der Waals surface area contributed by atoms with Crippen LogP contribution in [0.2, 0.25) is 0 Å². The number of nitrogens with zero attached hydrogens (tertiary/aromatic N) is 7. The predicted molar refractivity (Wildman–Crippen MR) is 175 cm³/mol. The molecule has 3 aromatic rings. The number of aliphatic hydroxyl groups excluding tert-OH is 1. The summed E-state index contributed by atoms with van der Waals surface area (Å²) < 4.78 is 7.45. The molecule has 1 N–H and O–H groups in total. The minimum absolute atomic E-state index is 0.0869. The van der Waals surface area contributed by atoms with Crippen LogP contribution >= 0.6 is 22.6 Å². The van der Waals surface area contributed by atoms with E-state index in [1.807, 2.05) is 7.05 Å². The van der Waals surface area contributed by atoms with Gasteiger partial charge in [0.15, 0.2) is 0 Å². The maximum absolute atomic E-state index is 12.5. The fraction of sp³-hybridized carbons (Fsp3) is 0.438. The first-order chi connectivity index (χ1) is 20.9. The Bertz CT molecular complexity index is 1570. The smallest absolute Gasteiger partial charge is 0.318 e. The van der Waals surface area contributed by atoms with Crippen molar-refractivity contribution in [2.24, 2.45) is 0 Å². The molecule has 10 nitrogen and oxygen atoms in total. The molecule has 0 saturated carbocycles. The van der Waals surface area contributed by atoms with Crippen LogP contribution in [-0.2, 0) is 17.8 Å². The third-order valence-electron chi connectivity index (χ3n) is 8.81. The van der Waals surface area contributed by atoms with Gasteiger partial charge in [-0.15, -0.1) is 0 Å². The van der Waals surface area contributed by atoms with Gasteiger partial charge in [-0.05, 0) is 66.1 Å². The number of aromatic nitrogens is 2. The van der Waals surface area contributed by atoms with Crippen LogP contribution in [0.5, 0.6) is 6.01 Å². The third-order valence-corrected chi connectivity index (χ3v) is 9.71. The van der Waals surface area contributed by atoms with E-state index in [0.29, 0.717) is 51.8 Å². The van der Waals surface area contributed by atoms with Gasteiger partial charge in [0.25, 0.3) is 0 Å². The van der Waals surface area contributed by atoms with Gasteiger partial charge in [-0.2, -0.15) is 9.97 Å². The molecule has 1 unspecified atom stereocenters. The van der Waals surface area contributed by atoms with Gasteiger partial charge < -0.3 is 29.4 Å². The van der Waals surface area contributed by atoms with Crippen molar-refractivity contribution in [1.82, 2.24) is 19.8 Å². The molecule has 6 rings (SSSR count). The number of piperazine rings is 1. The van der Waals surface area contributed by atoms with Crippen LogP contribution in [-0.4, -0.2) is 102 Å². The number of hydrogen-bond acceptors (Lipinski definition) is 8. The van der Waals surface area contributed by atoms with Crippen molar-refractivity contribution < 1.29 is 14.6 Å². The number of ether oxygens (including phenoxy) is 1. The molecule has 1 aromatic heterocycles. The van der Waals surface area contributed by atoms with E-state index in [0.717, 1.165) is 30.0 Å². The van der Waals surface area contributed by atoms with E-state index in [1.54, 1.807) is 4.90 Å². The van der Waals surface area contributed by atoms with E-state index >= 15 is 0 Å². The number of amides is 1. The molecular weight excluding hydrogens is 661 g/mol. The molecular formula is C32H36IN7O3. The quantitative estimate of drug-likeness (QED) is 0.229. The van der Waals surface area contributed by atoms with Crippen LogP contribution in [0.25, 0.3) is 15.6 Å². The highest BCUT2D eigenvalue weighted by Gasteiger charge is 2.35. The lowest BCUT2D eigenvalue weighted by atomic mass is 10.0. The number of aliphatic hydroxyl groups is 1. The summed E-state index contributed by atoms with van der Waals surface area (Å²) in [6.07, 6.45) is 2.39. The summed E-state index contributed by atoms with van der Waals surface area (Å²) in [5.74, 6) is 0.679. The first-order valence-electron chi connectivity index (χ1n) is 14.7. The van der Waals surface area contributed by atoms with Gasteiger partial charge in [0.2, 0.25) is 12.5 Å². The van der Waals surface area contributed by atoms with Crippen LogP contribution in [0.15, 0.2) is 49.1 Å². The maximum atomic E-state index is 12.5. The first-order valence-corrected chi connectivity index (χ1v) is 15.8. The summed E-state index contributed by atoms with van der Waals surface area (Å²) in [7, 11) is 1.99. The van der Waals surface area contributed by atoms with Crippen molar-refractivity contribution in [3.63, 3.8) is 0 Å². The molecule has 1 amide bonds. The summed E-state index contributed by atoms with van der Waals surface area (Å²) in [5, 5.41) is 12.6. The highest BCUT2D eigenvalue weighted by molar-refractivity contribution is 14.1. The molecule has 224 valence electrons. The summed E-state index contributed by atoms with van der Waals surface area (Å²) in [6, 6.07) is 13.0. The number of benzene rings is 2. The zero-order valence-corrected chi connectivity index (χ0v) is 26.5. The highest BCUT2D eigenvalue weighted by atomic mass is 131. The molecule has 2 aromatic carbocycles. The van der Waals surface area contributed by atoms with Crippen molar-refractivity contribution in [2.45, 2.75) is 37.6 Å². The fourth-order valence-electron chi connectivity index (χ4n) is 6.59. The van der Waals surface area contributed by atoms with Gasteiger partial charge in [0.05, 0.1) is 18.3 Å². The summed E-state index contributed by atoms with van der Waals surface area (Å²) in [6.45, 7) is 15.4. The van der Waals surface area contributed by atoms with Crippen LogP contribution < -0.4 is 14.5 Å². The molecule has 11 heteroatoms.